The molecule has 2 rings (SSSR count). The molecule has 8 nitrogen and oxygen atoms in total. The molecule has 0 aliphatic carbocycles. The van der Waals surface area contributed by atoms with Crippen molar-refractivity contribution in [3.63, 3.8) is 0 Å². The molecule has 0 saturated carbocycles. The summed E-state index contributed by atoms with van der Waals surface area (Å²) in [5.41, 5.74) is 6.60. The van der Waals surface area contributed by atoms with Crippen LogP contribution in [0.25, 0.3) is 0 Å². The first-order chi connectivity index (χ1) is 12.4. The largest absolute Gasteiger partial charge is 0.444 e. The number of amidine groups is 1. The molecule has 26 heavy (non-hydrogen) atoms. The number of amides is 1. The zero-order chi connectivity index (χ0) is 19.0. The van der Waals surface area contributed by atoms with Gasteiger partial charge in [0, 0.05) is 0 Å². The second kappa shape index (κ2) is 8.86. The first kappa shape index (κ1) is 19.3. The lowest BCUT2D eigenvalue weighted by Crippen LogP contribution is -2.41. The summed E-state index contributed by atoms with van der Waals surface area (Å²) in [6.45, 7) is -0.306. The van der Waals surface area contributed by atoms with E-state index in [2.05, 4.69) is 5.16 Å². The summed E-state index contributed by atoms with van der Waals surface area (Å²) >= 11 is 0. The molecule has 0 aliphatic heterocycles. The number of nitrogens with zero attached hydrogens (tertiary/aromatic N) is 2. The Balaban J connectivity index is 2.20. The molecule has 0 radical (unpaired) electrons. The number of carbonyl (C=O) groups excluding carboxylic acids is 1. The van der Waals surface area contributed by atoms with Crippen LogP contribution in [0.15, 0.2) is 65.8 Å². The topological polar surface area (TPSA) is 122 Å². The van der Waals surface area contributed by atoms with E-state index in [1.165, 1.54) is 0 Å². The van der Waals surface area contributed by atoms with Crippen molar-refractivity contribution >= 4 is 22.0 Å². The van der Waals surface area contributed by atoms with Crippen molar-refractivity contribution in [3.05, 3.63) is 71.8 Å². The minimum Gasteiger partial charge on any atom is -0.444 e. The summed E-state index contributed by atoms with van der Waals surface area (Å²) in [6.07, 6.45) is -1.04. The van der Waals surface area contributed by atoms with Gasteiger partial charge in [0.15, 0.2) is 5.84 Å². The van der Waals surface area contributed by atoms with Crippen LogP contribution in [0, 0.1) is 0 Å². The Labute approximate surface area is 151 Å². The molecule has 9 heteroatoms. The van der Waals surface area contributed by atoms with Crippen LogP contribution < -0.4 is 5.73 Å². The van der Waals surface area contributed by atoms with Gasteiger partial charge in [-0.3, -0.25) is 0 Å². The molecule has 0 saturated heterocycles. The summed E-state index contributed by atoms with van der Waals surface area (Å²) in [5, 5.41) is 11.3. The fourth-order valence-electron chi connectivity index (χ4n) is 2.11. The number of benzene rings is 2. The fourth-order valence-corrected chi connectivity index (χ4v) is 3.32. The second-order valence-corrected chi connectivity index (χ2v) is 7.27. The molecule has 1 amide bonds. The highest BCUT2D eigenvalue weighted by Crippen LogP contribution is 2.13. The molecule has 2 aromatic rings. The Bertz CT molecular complexity index is 854. The maximum absolute atomic E-state index is 12.5. The van der Waals surface area contributed by atoms with Gasteiger partial charge in [-0.2, -0.15) is 4.31 Å². The van der Waals surface area contributed by atoms with E-state index in [1.54, 1.807) is 54.6 Å². The Morgan fingerprint density at radius 3 is 2.12 bits per heavy atom. The average Bonchev–Trinajstić information content (AvgIpc) is 2.65. The monoisotopic (exact) mass is 377 g/mol. The highest BCUT2D eigenvalue weighted by molar-refractivity contribution is 7.90. The maximum Gasteiger partial charge on any atom is 0.424 e. The van der Waals surface area contributed by atoms with Crippen LogP contribution in [0.1, 0.15) is 11.1 Å². The molecule has 0 heterocycles. The van der Waals surface area contributed by atoms with E-state index in [0.29, 0.717) is 15.4 Å². The van der Waals surface area contributed by atoms with Gasteiger partial charge in [0.1, 0.15) is 12.4 Å². The average molecular weight is 377 g/mol. The van der Waals surface area contributed by atoms with Gasteiger partial charge in [-0.1, -0.05) is 65.8 Å². The highest BCUT2D eigenvalue weighted by atomic mass is 32.2. The molecule has 0 aromatic heterocycles. The molecule has 138 valence electrons. The van der Waals surface area contributed by atoms with Crippen LogP contribution in [0.4, 0.5) is 4.79 Å². The van der Waals surface area contributed by atoms with Gasteiger partial charge < -0.3 is 15.7 Å². The van der Waals surface area contributed by atoms with Crippen LogP contribution in [0.5, 0.6) is 0 Å². The molecule has 0 aliphatic rings. The van der Waals surface area contributed by atoms with E-state index in [1.807, 2.05) is 6.07 Å². The third-order valence-corrected chi connectivity index (χ3v) is 4.98. The maximum atomic E-state index is 12.5. The molecule has 0 unspecified atom stereocenters. The minimum absolute atomic E-state index is 0.0793. The fraction of sp³-hybridized carbons (Fsp3) is 0.176. The lowest BCUT2D eigenvalue weighted by atomic mass is 10.2. The SMILES string of the molecule is NC(CS(=O)(=O)N(Cc1ccccc1)C(=O)OCc1ccccc1)=NO. The Kier molecular flexibility index (Phi) is 6.56. The molecule has 0 spiro atoms. The molecule has 2 aromatic carbocycles. The van der Waals surface area contributed by atoms with Crippen molar-refractivity contribution in [2.24, 2.45) is 10.9 Å². The Morgan fingerprint density at radius 1 is 1.04 bits per heavy atom. The standard InChI is InChI=1S/C17H19N3O5S/c18-16(19-22)13-26(23,24)20(11-14-7-3-1-4-8-14)17(21)25-12-15-9-5-2-6-10-15/h1-10,22H,11-13H2,(H2,18,19). The van der Waals surface area contributed by atoms with Crippen molar-refractivity contribution < 1.29 is 23.2 Å². The summed E-state index contributed by atoms with van der Waals surface area (Å²) in [5.74, 6) is -1.34. The van der Waals surface area contributed by atoms with Crippen molar-refractivity contribution in [2.45, 2.75) is 13.2 Å². The van der Waals surface area contributed by atoms with Crippen LogP contribution in [0.2, 0.25) is 0 Å². The third kappa shape index (κ3) is 5.49. The number of rotatable bonds is 7. The van der Waals surface area contributed by atoms with Gasteiger partial charge in [-0.15, -0.1) is 0 Å². The Hall–Kier alpha value is -3.07. The van der Waals surface area contributed by atoms with Crippen LogP contribution in [-0.2, 0) is 27.9 Å². The number of ether oxygens (including phenoxy) is 1. The highest BCUT2D eigenvalue weighted by Gasteiger charge is 2.30. The lowest BCUT2D eigenvalue weighted by molar-refractivity contribution is 0.117. The predicted molar refractivity (Wildman–Crippen MR) is 95.8 cm³/mol. The van der Waals surface area contributed by atoms with Gasteiger partial charge in [-0.05, 0) is 11.1 Å². The zero-order valence-electron chi connectivity index (χ0n) is 13.9. The van der Waals surface area contributed by atoms with E-state index in [4.69, 9.17) is 15.7 Å². The number of oxime groups is 1. The smallest absolute Gasteiger partial charge is 0.424 e. The first-order valence-corrected chi connectivity index (χ1v) is 9.24. The molecular formula is C17H19N3O5S. The first-order valence-electron chi connectivity index (χ1n) is 7.64. The molecule has 0 bridgehead atoms. The summed E-state index contributed by atoms with van der Waals surface area (Å²) in [4.78, 5) is 12.4. The van der Waals surface area contributed by atoms with E-state index in [-0.39, 0.29) is 13.2 Å². The zero-order valence-corrected chi connectivity index (χ0v) is 14.7. The summed E-state index contributed by atoms with van der Waals surface area (Å²) < 4.78 is 30.7. The summed E-state index contributed by atoms with van der Waals surface area (Å²) in [6, 6.07) is 17.4. The van der Waals surface area contributed by atoms with Crippen molar-refractivity contribution in [1.29, 1.82) is 0 Å². The minimum atomic E-state index is -4.19. The van der Waals surface area contributed by atoms with Gasteiger partial charge in [-0.25, -0.2) is 13.2 Å². The van der Waals surface area contributed by atoms with E-state index < -0.39 is 27.7 Å². The van der Waals surface area contributed by atoms with Crippen molar-refractivity contribution in [2.75, 3.05) is 5.75 Å². The van der Waals surface area contributed by atoms with E-state index >= 15 is 0 Å². The molecular weight excluding hydrogens is 358 g/mol. The third-order valence-electron chi connectivity index (χ3n) is 3.37. The normalized spacial score (nSPS) is 11.8. The lowest BCUT2D eigenvalue weighted by Gasteiger charge is -2.22. The molecule has 0 fully saturated rings. The number of hydrogen-bond donors (Lipinski definition) is 2. The quantitative estimate of drug-likeness (QED) is 0.329. The van der Waals surface area contributed by atoms with Crippen LogP contribution in [-0.4, -0.2) is 35.6 Å². The van der Waals surface area contributed by atoms with Crippen molar-refractivity contribution in [3.8, 4) is 0 Å². The van der Waals surface area contributed by atoms with E-state index in [0.717, 1.165) is 0 Å². The number of sulfonamides is 1. The van der Waals surface area contributed by atoms with Crippen LogP contribution >= 0.6 is 0 Å². The number of hydrogen-bond acceptors (Lipinski definition) is 6. The number of carbonyl (C=O) groups is 1. The number of nitrogens with two attached hydrogens (primary N) is 1. The Morgan fingerprint density at radius 2 is 1.58 bits per heavy atom. The van der Waals surface area contributed by atoms with Gasteiger partial charge in [0.25, 0.3) is 0 Å². The van der Waals surface area contributed by atoms with Gasteiger partial charge in [0.2, 0.25) is 10.0 Å². The van der Waals surface area contributed by atoms with Gasteiger partial charge >= 0.3 is 6.09 Å². The van der Waals surface area contributed by atoms with Crippen molar-refractivity contribution in [1.82, 2.24) is 4.31 Å². The molecule has 3 N–H and O–H groups in total. The second-order valence-electron chi connectivity index (χ2n) is 5.38. The predicted octanol–water partition coefficient (Wildman–Crippen LogP) is 1.90. The molecule has 0 atom stereocenters. The van der Waals surface area contributed by atoms with Gasteiger partial charge in [0.05, 0.1) is 6.54 Å². The van der Waals surface area contributed by atoms with E-state index in [9.17, 15) is 13.2 Å². The summed E-state index contributed by atoms with van der Waals surface area (Å²) in [7, 11) is -4.19. The van der Waals surface area contributed by atoms with Crippen LogP contribution in [0.3, 0.4) is 0 Å².